The Morgan fingerprint density at radius 3 is 2.78 bits per heavy atom. The maximum absolute atomic E-state index is 13.1. The second-order valence-corrected chi connectivity index (χ2v) is 3.57. The van der Waals surface area contributed by atoms with Gasteiger partial charge < -0.3 is 5.32 Å². The van der Waals surface area contributed by atoms with E-state index in [-0.39, 0.29) is 5.82 Å². The van der Waals surface area contributed by atoms with Gasteiger partial charge in [-0.3, -0.25) is 9.78 Å². The van der Waals surface area contributed by atoms with Gasteiger partial charge in [0.1, 0.15) is 12.1 Å². The Morgan fingerprint density at radius 1 is 1.22 bits per heavy atom. The summed E-state index contributed by atoms with van der Waals surface area (Å²) >= 11 is 0. The van der Waals surface area contributed by atoms with Crippen LogP contribution in [0.4, 0.5) is 10.1 Å². The van der Waals surface area contributed by atoms with Gasteiger partial charge >= 0.3 is 0 Å². The van der Waals surface area contributed by atoms with Crippen LogP contribution < -0.4 is 5.32 Å². The van der Waals surface area contributed by atoms with E-state index >= 15 is 0 Å². The summed E-state index contributed by atoms with van der Waals surface area (Å²) in [5.74, 6) is -0.341. The number of carbonyl (C=O) groups is 1. The van der Waals surface area contributed by atoms with Crippen LogP contribution in [0.2, 0.25) is 0 Å². The van der Waals surface area contributed by atoms with Crippen molar-refractivity contribution < 1.29 is 9.18 Å². The monoisotopic (exact) mass is 242 g/mol. The lowest BCUT2D eigenvalue weighted by atomic mass is 10.2. The Balaban J connectivity index is 2.28. The Kier molecular flexibility index (Phi) is 3.81. The fraction of sp³-hybridized carbons (Fsp3) is 0. The quantitative estimate of drug-likeness (QED) is 0.662. The number of hydrogen-bond acceptors (Lipinski definition) is 3. The van der Waals surface area contributed by atoms with Crippen LogP contribution in [0, 0.1) is 5.82 Å². The van der Waals surface area contributed by atoms with Gasteiger partial charge in [-0.25, -0.2) is 4.39 Å². The van der Waals surface area contributed by atoms with Crippen LogP contribution in [0.3, 0.4) is 0 Å². The molecule has 0 aliphatic heterocycles. The molecule has 0 spiro atoms. The Hall–Kier alpha value is -2.49. The van der Waals surface area contributed by atoms with E-state index in [0.717, 1.165) is 0 Å². The molecule has 0 fully saturated rings. The van der Waals surface area contributed by atoms with E-state index in [0.29, 0.717) is 23.4 Å². The Labute approximate surface area is 104 Å². The third-order valence-corrected chi connectivity index (χ3v) is 2.28. The number of pyridine rings is 1. The van der Waals surface area contributed by atoms with Gasteiger partial charge in [0.25, 0.3) is 0 Å². The molecule has 1 aromatic carbocycles. The molecule has 0 aliphatic carbocycles. The fourth-order valence-electron chi connectivity index (χ4n) is 1.50. The molecule has 90 valence electrons. The first-order chi connectivity index (χ1) is 8.79. The molecule has 2 rings (SSSR count). The maximum Gasteiger partial charge on any atom is 0.144 e. The third-order valence-electron chi connectivity index (χ3n) is 2.28. The van der Waals surface area contributed by atoms with E-state index in [2.05, 4.69) is 10.3 Å². The molecule has 3 nitrogen and oxygen atoms in total. The summed E-state index contributed by atoms with van der Waals surface area (Å²) in [4.78, 5) is 14.8. The van der Waals surface area contributed by atoms with E-state index in [1.165, 1.54) is 18.2 Å². The number of anilines is 1. The van der Waals surface area contributed by atoms with Crippen molar-refractivity contribution in [3.8, 4) is 0 Å². The van der Waals surface area contributed by atoms with Crippen molar-refractivity contribution in [2.45, 2.75) is 0 Å². The first-order valence-corrected chi connectivity index (χ1v) is 5.39. The second kappa shape index (κ2) is 5.72. The van der Waals surface area contributed by atoms with Crippen molar-refractivity contribution in [1.82, 2.24) is 4.98 Å². The Morgan fingerprint density at radius 2 is 2.11 bits per heavy atom. The number of nitrogens with one attached hydrogen (secondary N) is 1. The molecule has 4 heteroatoms. The molecule has 0 radical (unpaired) electrons. The number of carbonyl (C=O) groups excluding carboxylic acids is 1. The van der Waals surface area contributed by atoms with Gasteiger partial charge in [-0.05, 0) is 30.3 Å². The molecule has 0 unspecified atom stereocenters. The molecule has 0 bridgehead atoms. The highest BCUT2D eigenvalue weighted by molar-refractivity contribution is 5.85. The number of aromatic nitrogens is 1. The van der Waals surface area contributed by atoms with Gasteiger partial charge in [0.15, 0.2) is 0 Å². The van der Waals surface area contributed by atoms with Gasteiger partial charge in [-0.15, -0.1) is 0 Å². The smallest absolute Gasteiger partial charge is 0.144 e. The topological polar surface area (TPSA) is 42.0 Å². The molecule has 0 amide bonds. The van der Waals surface area contributed by atoms with E-state index in [1.54, 1.807) is 30.5 Å². The average molecular weight is 242 g/mol. The summed E-state index contributed by atoms with van der Waals surface area (Å²) in [5, 5.41) is 2.96. The highest BCUT2D eigenvalue weighted by atomic mass is 19.1. The molecule has 2 aromatic rings. The van der Waals surface area contributed by atoms with E-state index in [1.807, 2.05) is 6.07 Å². The van der Waals surface area contributed by atoms with Gasteiger partial charge in [0.2, 0.25) is 0 Å². The zero-order chi connectivity index (χ0) is 12.8. The summed E-state index contributed by atoms with van der Waals surface area (Å²) in [6, 6.07) is 11.4. The van der Waals surface area contributed by atoms with Gasteiger partial charge in [0, 0.05) is 18.0 Å². The van der Waals surface area contributed by atoms with Crippen molar-refractivity contribution in [3.05, 3.63) is 66.2 Å². The normalized spacial score (nSPS) is 11.1. The van der Waals surface area contributed by atoms with Crippen LogP contribution in [0.5, 0.6) is 0 Å². The van der Waals surface area contributed by atoms with E-state index < -0.39 is 0 Å². The first kappa shape index (κ1) is 12.0. The minimum absolute atomic E-state index is 0.341. The van der Waals surface area contributed by atoms with Crippen molar-refractivity contribution in [2.24, 2.45) is 0 Å². The molecular formula is C14H11FN2O. The number of benzene rings is 1. The summed E-state index contributed by atoms with van der Waals surface area (Å²) in [7, 11) is 0. The second-order valence-electron chi connectivity index (χ2n) is 3.57. The lowest BCUT2D eigenvalue weighted by molar-refractivity contribution is -0.104. The van der Waals surface area contributed by atoms with Crippen LogP contribution in [-0.4, -0.2) is 11.3 Å². The van der Waals surface area contributed by atoms with Crippen LogP contribution >= 0.6 is 0 Å². The van der Waals surface area contributed by atoms with Crippen molar-refractivity contribution in [2.75, 3.05) is 5.32 Å². The zero-order valence-electron chi connectivity index (χ0n) is 9.51. The molecule has 1 aromatic heterocycles. The van der Waals surface area contributed by atoms with E-state index in [4.69, 9.17) is 0 Å². The lowest BCUT2D eigenvalue weighted by Crippen LogP contribution is -2.01. The number of aldehydes is 1. The van der Waals surface area contributed by atoms with Crippen LogP contribution in [-0.2, 0) is 4.79 Å². The summed E-state index contributed by atoms with van der Waals surface area (Å²) in [5.41, 5.74) is 1.71. The zero-order valence-corrected chi connectivity index (χ0v) is 9.51. The molecule has 0 atom stereocenters. The van der Waals surface area contributed by atoms with Crippen molar-refractivity contribution >= 4 is 17.7 Å². The fourth-order valence-corrected chi connectivity index (χ4v) is 1.50. The predicted molar refractivity (Wildman–Crippen MR) is 68.3 cm³/mol. The van der Waals surface area contributed by atoms with Crippen LogP contribution in [0.15, 0.2) is 54.7 Å². The summed E-state index contributed by atoms with van der Waals surface area (Å²) < 4.78 is 13.1. The largest absolute Gasteiger partial charge is 0.354 e. The third kappa shape index (κ3) is 3.01. The van der Waals surface area contributed by atoms with Crippen LogP contribution in [0.25, 0.3) is 5.70 Å². The molecule has 0 saturated heterocycles. The number of halogens is 1. The summed E-state index contributed by atoms with van der Waals surface area (Å²) in [6.07, 6.45) is 3.64. The van der Waals surface area contributed by atoms with Gasteiger partial charge in [0.05, 0.1) is 11.4 Å². The number of rotatable bonds is 4. The number of allylic oxidation sites excluding steroid dienone is 1. The molecular weight excluding hydrogens is 231 g/mol. The molecule has 18 heavy (non-hydrogen) atoms. The molecule has 0 saturated carbocycles. The maximum atomic E-state index is 13.1. The number of hydrogen-bond donors (Lipinski definition) is 1. The SMILES string of the molecule is O=C/C=C(\Nc1cccc(F)c1)c1ccccn1. The highest BCUT2D eigenvalue weighted by Crippen LogP contribution is 2.17. The predicted octanol–water partition coefficient (Wildman–Crippen LogP) is 2.87. The minimum Gasteiger partial charge on any atom is -0.354 e. The van der Waals surface area contributed by atoms with Gasteiger partial charge in [-0.2, -0.15) is 0 Å². The van der Waals surface area contributed by atoms with E-state index in [9.17, 15) is 9.18 Å². The standard InChI is InChI=1S/C14H11FN2O/c15-11-4-3-5-12(10-11)17-14(7-9-18)13-6-1-2-8-16-13/h1-10,17H/b14-7-. The van der Waals surface area contributed by atoms with Crippen molar-refractivity contribution in [1.29, 1.82) is 0 Å². The van der Waals surface area contributed by atoms with Gasteiger partial charge in [-0.1, -0.05) is 12.1 Å². The lowest BCUT2D eigenvalue weighted by Gasteiger charge is -2.09. The molecule has 1 N–H and O–H groups in total. The summed E-state index contributed by atoms with van der Waals surface area (Å²) in [6.45, 7) is 0. The highest BCUT2D eigenvalue weighted by Gasteiger charge is 2.03. The Bertz CT molecular complexity index is 567. The molecule has 1 heterocycles. The van der Waals surface area contributed by atoms with Crippen molar-refractivity contribution in [3.63, 3.8) is 0 Å². The minimum atomic E-state index is -0.341. The molecule has 0 aliphatic rings. The average Bonchev–Trinajstić information content (AvgIpc) is 2.39. The van der Waals surface area contributed by atoms with Crippen LogP contribution in [0.1, 0.15) is 5.69 Å². The number of nitrogens with zero attached hydrogens (tertiary/aromatic N) is 1. The first-order valence-electron chi connectivity index (χ1n) is 5.39.